The summed E-state index contributed by atoms with van der Waals surface area (Å²) < 4.78 is 76.6. The van der Waals surface area contributed by atoms with E-state index in [0.29, 0.717) is 24.3 Å². The fraction of sp³-hybridized carbons (Fsp3) is 0.429. The molecule has 0 aliphatic rings. The smallest absolute Gasteiger partial charge is 0.369 e. The van der Waals surface area contributed by atoms with Gasteiger partial charge in [-0.05, 0) is 26.0 Å². The molecule has 0 aromatic heterocycles. The molecule has 144 valence electrons. The molecule has 26 heavy (non-hydrogen) atoms. The lowest BCUT2D eigenvalue weighted by atomic mass is 9.92. The minimum absolute atomic E-state index is 0.269. The number of primary amides is 1. The second-order valence-electron chi connectivity index (χ2n) is 5.45. The van der Waals surface area contributed by atoms with Crippen LogP contribution in [0.4, 0.5) is 32.0 Å². The van der Waals surface area contributed by atoms with Crippen LogP contribution in [0.1, 0.15) is 19.4 Å². The Hall–Kier alpha value is -2.50. The summed E-state index contributed by atoms with van der Waals surface area (Å²) in [5.41, 5.74) is -3.86. The molecule has 1 atom stereocenters. The normalized spacial score (nSPS) is 15.7. The quantitative estimate of drug-likeness (QED) is 0.462. The highest BCUT2D eigenvalue weighted by Crippen LogP contribution is 2.50. The van der Waals surface area contributed by atoms with E-state index in [1.165, 1.54) is 0 Å². The standard InChI is InChI=1S/C14H13F6N3O3/c1-7(24)11(2,10(21)25)23-22-9-5-3-8(4-6-9)12(26,13(15,16)17)14(18,19)20/h3-6,26H,1-2H3,(H2,21,25)/b23-22+. The Morgan fingerprint density at radius 2 is 1.42 bits per heavy atom. The van der Waals surface area contributed by atoms with E-state index in [-0.39, 0.29) is 5.69 Å². The van der Waals surface area contributed by atoms with Gasteiger partial charge in [-0.3, -0.25) is 9.59 Å². The predicted octanol–water partition coefficient (Wildman–Crippen LogP) is 2.92. The first kappa shape index (κ1) is 21.5. The Bertz CT molecular complexity index is 697. The molecule has 1 amide bonds. The van der Waals surface area contributed by atoms with Gasteiger partial charge >= 0.3 is 12.4 Å². The Labute approximate surface area is 142 Å². The maximum atomic E-state index is 12.8. The number of ketones is 1. The van der Waals surface area contributed by atoms with Gasteiger partial charge in [0.25, 0.3) is 11.5 Å². The maximum Gasteiger partial charge on any atom is 0.430 e. The van der Waals surface area contributed by atoms with Gasteiger partial charge < -0.3 is 10.8 Å². The van der Waals surface area contributed by atoms with E-state index in [0.717, 1.165) is 13.8 Å². The third kappa shape index (κ3) is 3.69. The first-order chi connectivity index (χ1) is 11.6. The SMILES string of the molecule is CC(=O)C(C)(/N=N/c1ccc(C(O)(C(F)(F)F)C(F)(F)F)cc1)C(N)=O. The number of nitrogens with two attached hydrogens (primary N) is 1. The van der Waals surface area contributed by atoms with Crippen LogP contribution in [0.25, 0.3) is 0 Å². The lowest BCUT2D eigenvalue weighted by Gasteiger charge is -2.32. The number of amides is 1. The number of azo groups is 1. The van der Waals surface area contributed by atoms with Crippen LogP contribution in [0.15, 0.2) is 34.5 Å². The van der Waals surface area contributed by atoms with Gasteiger partial charge in [-0.15, -0.1) is 0 Å². The number of carbonyl (C=O) groups excluding carboxylic acids is 2. The van der Waals surface area contributed by atoms with E-state index in [1.54, 1.807) is 0 Å². The molecule has 0 fully saturated rings. The first-order valence-corrected chi connectivity index (χ1v) is 6.77. The number of benzene rings is 1. The number of rotatable bonds is 5. The van der Waals surface area contributed by atoms with Crippen molar-refractivity contribution in [1.29, 1.82) is 0 Å². The van der Waals surface area contributed by atoms with E-state index in [4.69, 9.17) is 5.73 Å². The highest BCUT2D eigenvalue weighted by atomic mass is 19.4. The van der Waals surface area contributed by atoms with Gasteiger partial charge in [0.15, 0.2) is 5.78 Å². The van der Waals surface area contributed by atoms with Crippen molar-refractivity contribution in [3.8, 4) is 0 Å². The fourth-order valence-electron chi connectivity index (χ4n) is 1.71. The summed E-state index contributed by atoms with van der Waals surface area (Å²) >= 11 is 0. The minimum atomic E-state index is -6.02. The summed E-state index contributed by atoms with van der Waals surface area (Å²) in [6.07, 6.45) is -12.0. The number of alkyl halides is 6. The molecule has 3 N–H and O–H groups in total. The molecule has 6 nitrogen and oxygen atoms in total. The van der Waals surface area contributed by atoms with Gasteiger partial charge in [0.1, 0.15) is 0 Å². The number of hydrogen-bond acceptors (Lipinski definition) is 5. The third-order valence-electron chi connectivity index (χ3n) is 3.64. The lowest BCUT2D eigenvalue weighted by molar-refractivity contribution is -0.376. The summed E-state index contributed by atoms with van der Waals surface area (Å²) in [4.78, 5) is 22.7. The molecule has 0 heterocycles. The molecule has 12 heteroatoms. The zero-order valence-electron chi connectivity index (χ0n) is 13.3. The van der Waals surface area contributed by atoms with Gasteiger partial charge in [-0.25, -0.2) is 0 Å². The van der Waals surface area contributed by atoms with Crippen LogP contribution in [0.5, 0.6) is 0 Å². The largest absolute Gasteiger partial charge is 0.430 e. The number of nitrogens with zero attached hydrogens (tertiary/aromatic N) is 2. The molecule has 0 spiro atoms. The summed E-state index contributed by atoms with van der Waals surface area (Å²) in [6, 6.07) is 2.10. The lowest BCUT2D eigenvalue weighted by Crippen LogP contribution is -2.53. The van der Waals surface area contributed by atoms with Crippen molar-refractivity contribution in [3.05, 3.63) is 29.8 Å². The Morgan fingerprint density at radius 3 is 1.73 bits per heavy atom. The van der Waals surface area contributed by atoms with Crippen molar-refractivity contribution in [2.75, 3.05) is 0 Å². The third-order valence-corrected chi connectivity index (χ3v) is 3.64. The molecule has 0 aliphatic heterocycles. The van der Waals surface area contributed by atoms with E-state index in [9.17, 15) is 41.0 Å². The second kappa shape index (κ2) is 6.67. The Morgan fingerprint density at radius 1 is 1.00 bits per heavy atom. The van der Waals surface area contributed by atoms with Crippen LogP contribution in [-0.2, 0) is 15.2 Å². The van der Waals surface area contributed by atoms with E-state index in [2.05, 4.69) is 10.2 Å². The van der Waals surface area contributed by atoms with Crippen molar-refractivity contribution in [3.63, 3.8) is 0 Å². The monoisotopic (exact) mass is 385 g/mol. The molecule has 1 aromatic rings. The van der Waals surface area contributed by atoms with Crippen molar-refractivity contribution >= 4 is 17.4 Å². The Balaban J connectivity index is 3.30. The molecule has 1 aromatic carbocycles. The number of Topliss-reactive ketones (excluding diaryl/α,β-unsaturated/α-hetero) is 1. The van der Waals surface area contributed by atoms with Gasteiger partial charge in [-0.2, -0.15) is 36.6 Å². The Kier molecular flexibility index (Phi) is 5.52. The number of hydrogen-bond donors (Lipinski definition) is 2. The molecular formula is C14H13F6N3O3. The topological polar surface area (TPSA) is 105 Å². The van der Waals surface area contributed by atoms with E-state index < -0.39 is 40.7 Å². The molecule has 0 aliphatic carbocycles. The van der Waals surface area contributed by atoms with Crippen molar-refractivity contribution in [1.82, 2.24) is 0 Å². The molecule has 1 rings (SSSR count). The zero-order valence-corrected chi connectivity index (χ0v) is 13.3. The second-order valence-corrected chi connectivity index (χ2v) is 5.45. The van der Waals surface area contributed by atoms with Crippen molar-refractivity contribution < 1.29 is 41.0 Å². The minimum Gasteiger partial charge on any atom is -0.369 e. The molecule has 1 unspecified atom stereocenters. The molecular weight excluding hydrogens is 372 g/mol. The summed E-state index contributed by atoms with van der Waals surface area (Å²) in [7, 11) is 0. The summed E-state index contributed by atoms with van der Waals surface area (Å²) in [5, 5.41) is 16.1. The van der Waals surface area contributed by atoms with Crippen LogP contribution in [0.2, 0.25) is 0 Å². The molecule has 0 saturated carbocycles. The number of carbonyl (C=O) groups is 2. The number of aliphatic hydroxyl groups is 1. The van der Waals surface area contributed by atoms with Crippen LogP contribution in [-0.4, -0.2) is 34.7 Å². The van der Waals surface area contributed by atoms with Crippen LogP contribution < -0.4 is 5.73 Å². The average Bonchev–Trinajstić information content (AvgIpc) is 2.49. The molecule has 0 radical (unpaired) electrons. The predicted molar refractivity (Wildman–Crippen MR) is 75.2 cm³/mol. The van der Waals surface area contributed by atoms with E-state index >= 15 is 0 Å². The zero-order chi connectivity index (χ0) is 20.6. The van der Waals surface area contributed by atoms with Gasteiger partial charge in [0.2, 0.25) is 5.54 Å². The van der Waals surface area contributed by atoms with Crippen molar-refractivity contribution in [2.24, 2.45) is 16.0 Å². The summed E-state index contributed by atoms with van der Waals surface area (Å²) in [6.45, 7) is 2.04. The highest BCUT2D eigenvalue weighted by molar-refractivity contribution is 6.08. The van der Waals surface area contributed by atoms with Gasteiger partial charge in [0.05, 0.1) is 5.69 Å². The van der Waals surface area contributed by atoms with Gasteiger partial charge in [-0.1, -0.05) is 12.1 Å². The average molecular weight is 385 g/mol. The van der Waals surface area contributed by atoms with E-state index in [1.807, 2.05) is 0 Å². The molecule has 0 bridgehead atoms. The van der Waals surface area contributed by atoms with Crippen molar-refractivity contribution in [2.45, 2.75) is 37.3 Å². The maximum absolute atomic E-state index is 12.8. The van der Waals surface area contributed by atoms with Gasteiger partial charge in [0, 0.05) is 5.56 Å². The molecule has 0 saturated heterocycles. The highest BCUT2D eigenvalue weighted by Gasteiger charge is 2.71. The van der Waals surface area contributed by atoms with Crippen LogP contribution in [0, 0.1) is 0 Å². The van der Waals surface area contributed by atoms with Crippen LogP contribution in [0.3, 0.4) is 0 Å². The summed E-state index contributed by atoms with van der Waals surface area (Å²) in [5.74, 6) is -1.91. The first-order valence-electron chi connectivity index (χ1n) is 6.77. The van der Waals surface area contributed by atoms with Crippen LogP contribution >= 0.6 is 0 Å². The number of halogens is 6. The fourth-order valence-corrected chi connectivity index (χ4v) is 1.71.